The van der Waals surface area contributed by atoms with Gasteiger partial charge in [0.1, 0.15) is 17.7 Å². The van der Waals surface area contributed by atoms with Gasteiger partial charge in [-0.3, -0.25) is 14.4 Å². The van der Waals surface area contributed by atoms with E-state index < -0.39 is 42.3 Å². The lowest BCUT2D eigenvalue weighted by Gasteiger charge is -2.22. The van der Waals surface area contributed by atoms with Gasteiger partial charge in [-0.2, -0.15) is 0 Å². The molecule has 1 aromatic heterocycles. The average molecular weight is 343 g/mol. The molecule has 9 heteroatoms. The zero-order valence-corrected chi connectivity index (χ0v) is 13.7. The van der Waals surface area contributed by atoms with Crippen molar-refractivity contribution in [3.8, 4) is 0 Å². The predicted molar refractivity (Wildman–Crippen MR) is 77.5 cm³/mol. The first-order valence-corrected chi connectivity index (χ1v) is 7.79. The monoisotopic (exact) mass is 343 g/mol. The Kier molecular flexibility index (Phi) is 5.67. The molecule has 0 amide bonds. The Balaban J connectivity index is 2.25. The molecule has 126 valence electrons. The third kappa shape index (κ3) is 4.49. The summed E-state index contributed by atoms with van der Waals surface area (Å²) in [6, 6.07) is 0. The summed E-state index contributed by atoms with van der Waals surface area (Å²) in [6.45, 7) is 3.64. The Morgan fingerprint density at radius 2 is 1.78 bits per heavy atom. The number of carbonyl (C=O) groups excluding carboxylic acids is 3. The normalized spacial score (nSPS) is 26.6. The summed E-state index contributed by atoms with van der Waals surface area (Å²) in [5, 5.41) is 2.34. The zero-order chi connectivity index (χ0) is 17.0. The van der Waals surface area contributed by atoms with Crippen LogP contribution < -0.4 is 0 Å². The predicted octanol–water partition coefficient (Wildman–Crippen LogP) is 1.01. The molecule has 1 aliphatic rings. The fourth-order valence-electron chi connectivity index (χ4n) is 2.29. The van der Waals surface area contributed by atoms with Gasteiger partial charge in [0.2, 0.25) is 0 Å². The summed E-state index contributed by atoms with van der Waals surface area (Å²) in [5.41, 5.74) is 0. The van der Waals surface area contributed by atoms with Crippen molar-refractivity contribution in [1.82, 2.24) is 4.98 Å². The molecule has 0 unspecified atom stereocenters. The quantitative estimate of drug-likeness (QED) is 0.577. The van der Waals surface area contributed by atoms with E-state index in [2.05, 4.69) is 4.98 Å². The molecular formula is C14H17NO7S. The van der Waals surface area contributed by atoms with Gasteiger partial charge in [0.05, 0.1) is 0 Å². The molecular weight excluding hydrogens is 326 g/mol. The molecule has 8 nitrogen and oxygen atoms in total. The minimum Gasteiger partial charge on any atom is -0.463 e. The van der Waals surface area contributed by atoms with Gasteiger partial charge in [0, 0.05) is 32.3 Å². The minimum atomic E-state index is -0.885. The standard InChI is InChI=1S/C14H17NO7S/c1-7(16)19-6-10-11(20-8(2)17)12(21-9(3)18)13(22-10)14-15-4-5-23-14/h4-5,10-13H,6H2,1-3H3/t10-,11-,12-,13-/m1/s1. The molecule has 0 aromatic carbocycles. The SMILES string of the molecule is CC(=O)OC[C@H]1O[C@@H](c2nccs2)[C@H](OC(C)=O)[C@@H]1OC(C)=O. The number of hydrogen-bond acceptors (Lipinski definition) is 9. The molecule has 1 aromatic rings. The van der Waals surface area contributed by atoms with Gasteiger partial charge < -0.3 is 18.9 Å². The van der Waals surface area contributed by atoms with Gasteiger partial charge in [-0.05, 0) is 0 Å². The third-order valence-electron chi connectivity index (χ3n) is 3.06. The van der Waals surface area contributed by atoms with Crippen LogP contribution in [0.25, 0.3) is 0 Å². The molecule has 1 saturated heterocycles. The topological polar surface area (TPSA) is 101 Å². The van der Waals surface area contributed by atoms with Gasteiger partial charge in [-0.1, -0.05) is 0 Å². The van der Waals surface area contributed by atoms with E-state index >= 15 is 0 Å². The molecule has 0 N–H and O–H groups in total. The lowest BCUT2D eigenvalue weighted by Crippen LogP contribution is -2.40. The zero-order valence-electron chi connectivity index (χ0n) is 12.9. The summed E-state index contributed by atoms with van der Waals surface area (Å²) in [4.78, 5) is 37.9. The van der Waals surface area contributed by atoms with Crippen molar-refractivity contribution in [2.24, 2.45) is 0 Å². The fraction of sp³-hybridized carbons (Fsp3) is 0.571. The van der Waals surface area contributed by atoms with Gasteiger partial charge in [0.15, 0.2) is 18.3 Å². The molecule has 2 heterocycles. The Morgan fingerprint density at radius 3 is 2.30 bits per heavy atom. The van der Waals surface area contributed by atoms with E-state index in [9.17, 15) is 14.4 Å². The van der Waals surface area contributed by atoms with Crippen LogP contribution >= 0.6 is 11.3 Å². The Bertz CT molecular complexity index is 574. The van der Waals surface area contributed by atoms with E-state index in [1.807, 2.05) is 0 Å². The van der Waals surface area contributed by atoms with Crippen molar-refractivity contribution >= 4 is 29.2 Å². The van der Waals surface area contributed by atoms with Crippen LogP contribution in [-0.4, -0.2) is 47.8 Å². The van der Waals surface area contributed by atoms with Gasteiger partial charge in [-0.25, -0.2) is 4.98 Å². The second-order valence-corrected chi connectivity index (χ2v) is 5.84. The largest absolute Gasteiger partial charge is 0.463 e. The summed E-state index contributed by atoms with van der Waals surface area (Å²) >= 11 is 1.32. The summed E-state index contributed by atoms with van der Waals surface area (Å²) < 4.78 is 21.3. The highest BCUT2D eigenvalue weighted by Crippen LogP contribution is 2.38. The summed E-state index contributed by atoms with van der Waals surface area (Å²) in [7, 11) is 0. The summed E-state index contributed by atoms with van der Waals surface area (Å²) in [6.07, 6.45) is -1.59. The maximum atomic E-state index is 11.4. The maximum absolute atomic E-state index is 11.4. The molecule has 1 fully saturated rings. The second kappa shape index (κ2) is 7.51. The van der Waals surface area contributed by atoms with Crippen molar-refractivity contribution in [3.63, 3.8) is 0 Å². The first kappa shape index (κ1) is 17.4. The van der Waals surface area contributed by atoms with E-state index in [4.69, 9.17) is 18.9 Å². The highest BCUT2D eigenvalue weighted by Gasteiger charge is 2.51. The molecule has 23 heavy (non-hydrogen) atoms. The van der Waals surface area contributed by atoms with Gasteiger partial charge >= 0.3 is 17.9 Å². The van der Waals surface area contributed by atoms with Crippen molar-refractivity contribution in [1.29, 1.82) is 0 Å². The van der Waals surface area contributed by atoms with Crippen LogP contribution in [0, 0.1) is 0 Å². The number of carbonyl (C=O) groups is 3. The van der Waals surface area contributed by atoms with Crippen LogP contribution in [0.5, 0.6) is 0 Å². The van der Waals surface area contributed by atoms with E-state index in [1.165, 1.54) is 32.1 Å². The lowest BCUT2D eigenvalue weighted by atomic mass is 10.1. The Labute approximate surface area is 136 Å². The van der Waals surface area contributed by atoms with E-state index in [-0.39, 0.29) is 6.61 Å². The fourth-order valence-corrected chi connectivity index (χ4v) is 3.00. The van der Waals surface area contributed by atoms with Crippen LogP contribution in [0.2, 0.25) is 0 Å². The van der Waals surface area contributed by atoms with Crippen molar-refractivity contribution in [2.75, 3.05) is 6.61 Å². The number of thiazole rings is 1. The number of esters is 3. The summed E-state index contributed by atoms with van der Waals surface area (Å²) in [5.74, 6) is -1.58. The van der Waals surface area contributed by atoms with Crippen LogP contribution in [0.15, 0.2) is 11.6 Å². The first-order valence-electron chi connectivity index (χ1n) is 6.91. The van der Waals surface area contributed by atoms with Crippen LogP contribution in [0.1, 0.15) is 31.9 Å². The third-order valence-corrected chi connectivity index (χ3v) is 3.90. The number of hydrogen-bond donors (Lipinski definition) is 0. The molecule has 0 saturated carbocycles. The van der Waals surface area contributed by atoms with Gasteiger partial charge in [0.25, 0.3) is 0 Å². The van der Waals surface area contributed by atoms with E-state index in [1.54, 1.807) is 11.6 Å². The van der Waals surface area contributed by atoms with E-state index in [0.29, 0.717) is 5.01 Å². The van der Waals surface area contributed by atoms with Crippen molar-refractivity contribution in [3.05, 3.63) is 16.6 Å². The van der Waals surface area contributed by atoms with Crippen LogP contribution in [0.3, 0.4) is 0 Å². The molecule has 1 aliphatic heterocycles. The van der Waals surface area contributed by atoms with Crippen molar-refractivity contribution in [2.45, 2.75) is 45.2 Å². The highest BCUT2D eigenvalue weighted by molar-refractivity contribution is 7.09. The molecule has 2 rings (SSSR count). The number of ether oxygens (including phenoxy) is 4. The maximum Gasteiger partial charge on any atom is 0.303 e. The highest BCUT2D eigenvalue weighted by atomic mass is 32.1. The second-order valence-electron chi connectivity index (χ2n) is 4.92. The Morgan fingerprint density at radius 1 is 1.13 bits per heavy atom. The number of nitrogens with zero attached hydrogens (tertiary/aromatic N) is 1. The van der Waals surface area contributed by atoms with E-state index in [0.717, 1.165) is 0 Å². The Hall–Kier alpha value is -2.00. The minimum absolute atomic E-state index is 0.118. The molecule has 0 bridgehead atoms. The van der Waals surface area contributed by atoms with Gasteiger partial charge in [-0.15, -0.1) is 11.3 Å². The smallest absolute Gasteiger partial charge is 0.303 e. The molecule has 0 aliphatic carbocycles. The first-order chi connectivity index (χ1) is 10.9. The van der Waals surface area contributed by atoms with Crippen LogP contribution in [0.4, 0.5) is 0 Å². The number of rotatable bonds is 5. The number of aromatic nitrogens is 1. The van der Waals surface area contributed by atoms with Crippen molar-refractivity contribution < 1.29 is 33.3 Å². The molecule has 0 spiro atoms. The van der Waals surface area contributed by atoms with Crippen LogP contribution in [-0.2, 0) is 33.3 Å². The lowest BCUT2D eigenvalue weighted by molar-refractivity contribution is -0.165. The molecule has 0 radical (unpaired) electrons. The average Bonchev–Trinajstić information content (AvgIpc) is 3.05. The molecule has 4 atom stereocenters.